The number of fused-ring (bicyclic) bond motifs is 1. The number of benzene rings is 1. The van der Waals surface area contributed by atoms with E-state index >= 15 is 0 Å². The standard InChI is InChI=1S/C15H19N3O3/c1-10(19)16-9-18-8-14(21-15(18)20)13-7-11-5-3-4-6-12(11)17(13)2/h3-6,13-14H,7-9H2,1-2H3,(H,16,19). The van der Waals surface area contributed by atoms with Crippen molar-refractivity contribution >= 4 is 17.7 Å². The third-order valence-electron chi connectivity index (χ3n) is 4.16. The molecule has 1 aromatic rings. The molecule has 21 heavy (non-hydrogen) atoms. The number of anilines is 1. The van der Waals surface area contributed by atoms with Gasteiger partial charge >= 0.3 is 6.09 Å². The molecule has 0 radical (unpaired) electrons. The van der Waals surface area contributed by atoms with Gasteiger partial charge in [0.25, 0.3) is 0 Å². The largest absolute Gasteiger partial charge is 0.442 e. The summed E-state index contributed by atoms with van der Waals surface area (Å²) in [5.41, 5.74) is 2.47. The molecule has 0 aliphatic carbocycles. The minimum absolute atomic E-state index is 0.147. The van der Waals surface area contributed by atoms with E-state index in [0.717, 1.165) is 6.42 Å². The van der Waals surface area contributed by atoms with Crippen molar-refractivity contribution in [3.8, 4) is 0 Å². The van der Waals surface area contributed by atoms with Crippen molar-refractivity contribution in [2.24, 2.45) is 0 Å². The molecule has 2 amide bonds. The lowest BCUT2D eigenvalue weighted by Crippen LogP contribution is -2.42. The molecule has 3 rings (SSSR count). The molecule has 1 saturated heterocycles. The van der Waals surface area contributed by atoms with Crippen molar-refractivity contribution < 1.29 is 14.3 Å². The van der Waals surface area contributed by atoms with Crippen LogP contribution < -0.4 is 10.2 Å². The van der Waals surface area contributed by atoms with Crippen molar-refractivity contribution in [1.29, 1.82) is 0 Å². The Balaban J connectivity index is 1.67. The van der Waals surface area contributed by atoms with E-state index in [4.69, 9.17) is 4.74 Å². The Morgan fingerprint density at radius 1 is 1.43 bits per heavy atom. The van der Waals surface area contributed by atoms with Gasteiger partial charge < -0.3 is 15.0 Å². The zero-order chi connectivity index (χ0) is 15.0. The summed E-state index contributed by atoms with van der Waals surface area (Å²) < 4.78 is 5.49. The Morgan fingerprint density at radius 2 is 2.19 bits per heavy atom. The number of hydrogen-bond acceptors (Lipinski definition) is 4. The summed E-state index contributed by atoms with van der Waals surface area (Å²) in [6.45, 7) is 2.14. The molecular formula is C15H19N3O3. The topological polar surface area (TPSA) is 61.9 Å². The fourth-order valence-electron chi connectivity index (χ4n) is 3.02. The number of para-hydroxylation sites is 1. The number of carbonyl (C=O) groups is 2. The molecule has 0 aromatic heterocycles. The van der Waals surface area contributed by atoms with E-state index in [0.29, 0.717) is 6.54 Å². The maximum atomic E-state index is 11.9. The molecule has 1 fully saturated rings. The van der Waals surface area contributed by atoms with Crippen LogP contribution in [0.4, 0.5) is 10.5 Å². The van der Waals surface area contributed by atoms with Crippen molar-refractivity contribution in [2.45, 2.75) is 25.5 Å². The van der Waals surface area contributed by atoms with E-state index in [1.54, 1.807) is 0 Å². The van der Waals surface area contributed by atoms with Crippen molar-refractivity contribution in [2.75, 3.05) is 25.2 Å². The minimum atomic E-state index is -0.363. The van der Waals surface area contributed by atoms with Crippen molar-refractivity contribution in [3.05, 3.63) is 29.8 Å². The van der Waals surface area contributed by atoms with E-state index in [2.05, 4.69) is 22.3 Å². The van der Waals surface area contributed by atoms with Crippen LogP contribution in [0.1, 0.15) is 12.5 Å². The number of likely N-dealkylation sites (N-methyl/N-ethyl adjacent to an activating group) is 1. The molecule has 2 aliphatic heterocycles. The zero-order valence-corrected chi connectivity index (χ0v) is 12.2. The molecule has 1 N–H and O–H groups in total. The highest BCUT2D eigenvalue weighted by atomic mass is 16.6. The lowest BCUT2D eigenvalue weighted by Gasteiger charge is -2.26. The highest BCUT2D eigenvalue weighted by Gasteiger charge is 2.41. The molecule has 2 heterocycles. The van der Waals surface area contributed by atoms with Crippen LogP contribution in [0, 0.1) is 0 Å². The van der Waals surface area contributed by atoms with Gasteiger partial charge in [-0.05, 0) is 18.1 Å². The molecule has 6 heteroatoms. The van der Waals surface area contributed by atoms with Crippen LogP contribution in [-0.2, 0) is 16.0 Å². The van der Waals surface area contributed by atoms with Gasteiger partial charge in [-0.2, -0.15) is 0 Å². The van der Waals surface area contributed by atoms with Crippen LogP contribution >= 0.6 is 0 Å². The average Bonchev–Trinajstić information content (AvgIpc) is 2.98. The summed E-state index contributed by atoms with van der Waals surface area (Å²) in [4.78, 5) is 26.5. The first-order valence-electron chi connectivity index (χ1n) is 7.07. The van der Waals surface area contributed by atoms with E-state index < -0.39 is 0 Å². The Bertz CT molecular complexity index is 575. The molecule has 0 saturated carbocycles. The van der Waals surface area contributed by atoms with E-state index in [9.17, 15) is 9.59 Å². The highest BCUT2D eigenvalue weighted by molar-refractivity contribution is 5.74. The summed E-state index contributed by atoms with van der Waals surface area (Å²) in [7, 11) is 2.03. The van der Waals surface area contributed by atoms with E-state index in [1.165, 1.54) is 23.1 Å². The average molecular weight is 289 g/mol. The normalized spacial score (nSPS) is 24.0. The number of nitrogens with one attached hydrogen (secondary N) is 1. The first-order chi connectivity index (χ1) is 10.1. The predicted octanol–water partition coefficient (Wildman–Crippen LogP) is 0.962. The fourth-order valence-corrected chi connectivity index (χ4v) is 3.02. The second kappa shape index (κ2) is 5.27. The smallest absolute Gasteiger partial charge is 0.411 e. The zero-order valence-electron chi connectivity index (χ0n) is 12.2. The van der Waals surface area contributed by atoms with Gasteiger partial charge in [0.05, 0.1) is 19.3 Å². The van der Waals surface area contributed by atoms with Gasteiger partial charge in [0, 0.05) is 19.7 Å². The summed E-state index contributed by atoms with van der Waals surface area (Å²) in [5.74, 6) is -0.156. The molecule has 2 aliphatic rings. The van der Waals surface area contributed by atoms with E-state index in [1.807, 2.05) is 19.2 Å². The lowest BCUT2D eigenvalue weighted by molar-refractivity contribution is -0.119. The number of ether oxygens (including phenoxy) is 1. The number of rotatable bonds is 3. The third kappa shape index (κ3) is 2.53. The molecule has 1 aromatic carbocycles. The molecule has 2 unspecified atom stereocenters. The SMILES string of the molecule is CC(=O)NCN1CC(C2Cc3ccccc3N2C)OC1=O. The number of cyclic esters (lactones) is 1. The van der Waals surface area contributed by atoms with Gasteiger partial charge in [0.1, 0.15) is 6.10 Å². The van der Waals surface area contributed by atoms with Gasteiger partial charge in [-0.25, -0.2) is 4.79 Å². The van der Waals surface area contributed by atoms with Gasteiger partial charge in [0.2, 0.25) is 5.91 Å². The lowest BCUT2D eigenvalue weighted by atomic mass is 10.1. The summed E-state index contributed by atoms with van der Waals surface area (Å²) in [6, 6.07) is 8.38. The summed E-state index contributed by atoms with van der Waals surface area (Å²) >= 11 is 0. The first kappa shape index (κ1) is 13.7. The summed E-state index contributed by atoms with van der Waals surface area (Å²) in [5, 5.41) is 2.63. The van der Waals surface area contributed by atoms with Crippen LogP contribution in [-0.4, -0.2) is 49.3 Å². The van der Waals surface area contributed by atoms with Gasteiger partial charge in [-0.15, -0.1) is 0 Å². The van der Waals surface area contributed by atoms with Gasteiger partial charge in [-0.3, -0.25) is 9.69 Å². The minimum Gasteiger partial charge on any atom is -0.442 e. The van der Waals surface area contributed by atoms with Crippen molar-refractivity contribution in [3.63, 3.8) is 0 Å². The number of hydrogen-bond donors (Lipinski definition) is 1. The third-order valence-corrected chi connectivity index (χ3v) is 4.16. The first-order valence-corrected chi connectivity index (χ1v) is 7.07. The second-order valence-corrected chi connectivity index (χ2v) is 5.55. The number of amides is 2. The molecule has 0 bridgehead atoms. The number of nitrogens with zero attached hydrogens (tertiary/aromatic N) is 2. The fraction of sp³-hybridized carbons (Fsp3) is 0.467. The summed E-state index contributed by atoms with van der Waals surface area (Å²) in [6.07, 6.45) is 0.334. The molecule has 2 atom stereocenters. The van der Waals surface area contributed by atoms with Crippen LogP contribution in [0.2, 0.25) is 0 Å². The molecular weight excluding hydrogens is 270 g/mol. The molecule has 6 nitrogen and oxygen atoms in total. The maximum absolute atomic E-state index is 11.9. The van der Waals surface area contributed by atoms with Gasteiger partial charge in [0.15, 0.2) is 0 Å². The molecule has 112 valence electrons. The monoisotopic (exact) mass is 289 g/mol. The quantitative estimate of drug-likeness (QED) is 0.900. The Hall–Kier alpha value is -2.24. The highest BCUT2D eigenvalue weighted by Crippen LogP contribution is 2.34. The van der Waals surface area contributed by atoms with Gasteiger partial charge in [-0.1, -0.05) is 18.2 Å². The van der Waals surface area contributed by atoms with Crippen LogP contribution in [0.5, 0.6) is 0 Å². The molecule has 0 spiro atoms. The maximum Gasteiger partial charge on any atom is 0.411 e. The Kier molecular flexibility index (Phi) is 3.45. The van der Waals surface area contributed by atoms with Crippen LogP contribution in [0.3, 0.4) is 0 Å². The van der Waals surface area contributed by atoms with E-state index in [-0.39, 0.29) is 30.8 Å². The Morgan fingerprint density at radius 3 is 2.90 bits per heavy atom. The second-order valence-electron chi connectivity index (χ2n) is 5.55. The predicted molar refractivity (Wildman–Crippen MR) is 78.0 cm³/mol. The number of carbonyl (C=O) groups excluding carboxylic acids is 2. The van der Waals surface area contributed by atoms with Crippen LogP contribution in [0.15, 0.2) is 24.3 Å². The van der Waals surface area contributed by atoms with Crippen molar-refractivity contribution in [1.82, 2.24) is 10.2 Å². The van der Waals surface area contributed by atoms with Crippen LogP contribution in [0.25, 0.3) is 0 Å². The Labute approximate surface area is 123 Å².